The summed E-state index contributed by atoms with van der Waals surface area (Å²) in [5.41, 5.74) is -0.826. The van der Waals surface area contributed by atoms with Crippen LogP contribution in [-0.2, 0) is 28.7 Å². The minimum Gasteiger partial charge on any atom is -0.376 e. The largest absolute Gasteiger partial charge is 0.434 e. The van der Waals surface area contributed by atoms with Crippen LogP contribution in [-0.4, -0.2) is 59.2 Å². The van der Waals surface area contributed by atoms with Gasteiger partial charge in [-0.15, -0.1) is 0 Å². The maximum Gasteiger partial charge on any atom is 0.434 e. The van der Waals surface area contributed by atoms with E-state index in [9.17, 15) is 18.0 Å². The van der Waals surface area contributed by atoms with Gasteiger partial charge in [-0.05, 0) is 39.2 Å². The van der Waals surface area contributed by atoms with E-state index in [1.54, 1.807) is 4.57 Å². The van der Waals surface area contributed by atoms with Gasteiger partial charge in [-0.1, -0.05) is 0 Å². The normalized spacial score (nSPS) is 24.1. The van der Waals surface area contributed by atoms with Crippen LogP contribution in [0, 0.1) is 5.92 Å². The molecule has 0 aliphatic carbocycles. The zero-order chi connectivity index (χ0) is 19.6. The van der Waals surface area contributed by atoms with Crippen LogP contribution in [0.25, 0.3) is 0 Å². The Kier molecular flexibility index (Phi) is 6.10. The second-order valence-electron chi connectivity index (χ2n) is 7.59. The van der Waals surface area contributed by atoms with Gasteiger partial charge >= 0.3 is 6.18 Å². The summed E-state index contributed by atoms with van der Waals surface area (Å²) in [6, 6.07) is -0.304. The molecule has 0 bridgehead atoms. The van der Waals surface area contributed by atoms with Gasteiger partial charge in [0, 0.05) is 38.9 Å². The summed E-state index contributed by atoms with van der Waals surface area (Å²) in [7, 11) is 1.88. The predicted molar refractivity (Wildman–Crippen MR) is 93.1 cm³/mol. The molecule has 6 nitrogen and oxygen atoms in total. The van der Waals surface area contributed by atoms with Gasteiger partial charge in [0.15, 0.2) is 5.69 Å². The lowest BCUT2D eigenvalue weighted by molar-refractivity contribution is -0.141. The molecule has 3 atom stereocenters. The predicted octanol–water partition coefficient (Wildman–Crippen LogP) is 2.08. The second-order valence-corrected chi connectivity index (χ2v) is 7.59. The quantitative estimate of drug-likeness (QED) is 0.811. The molecule has 27 heavy (non-hydrogen) atoms. The van der Waals surface area contributed by atoms with E-state index in [-0.39, 0.29) is 24.0 Å². The molecule has 0 unspecified atom stereocenters. The molecular formula is C18H27F3N4O2. The van der Waals surface area contributed by atoms with E-state index >= 15 is 0 Å². The smallest absolute Gasteiger partial charge is 0.376 e. The monoisotopic (exact) mass is 388 g/mol. The Morgan fingerprint density at radius 2 is 2.26 bits per heavy atom. The van der Waals surface area contributed by atoms with E-state index in [1.807, 2.05) is 18.9 Å². The van der Waals surface area contributed by atoms with Crippen LogP contribution in [0.15, 0.2) is 6.20 Å². The number of amides is 1. The van der Waals surface area contributed by atoms with E-state index in [4.69, 9.17) is 4.74 Å². The van der Waals surface area contributed by atoms with Crippen molar-refractivity contribution in [3.05, 3.63) is 17.7 Å². The lowest BCUT2D eigenvalue weighted by Gasteiger charge is -2.31. The first-order valence-corrected chi connectivity index (χ1v) is 9.47. The number of aromatic nitrogens is 2. The summed E-state index contributed by atoms with van der Waals surface area (Å²) in [6.45, 7) is 4.27. The summed E-state index contributed by atoms with van der Waals surface area (Å²) >= 11 is 0. The Morgan fingerprint density at radius 1 is 1.48 bits per heavy atom. The molecule has 0 radical (unpaired) electrons. The van der Waals surface area contributed by atoms with Crippen molar-refractivity contribution in [2.45, 2.75) is 57.5 Å². The average Bonchev–Trinajstić information content (AvgIpc) is 3.27. The highest BCUT2D eigenvalue weighted by Crippen LogP contribution is 2.30. The molecule has 0 aromatic carbocycles. The zero-order valence-electron chi connectivity index (χ0n) is 15.8. The molecule has 0 saturated carbocycles. The van der Waals surface area contributed by atoms with E-state index < -0.39 is 11.9 Å². The molecule has 3 rings (SSSR count). The number of rotatable bonds is 6. The van der Waals surface area contributed by atoms with Crippen molar-refractivity contribution in [1.82, 2.24) is 19.8 Å². The molecule has 9 heteroatoms. The molecule has 2 aliphatic heterocycles. The van der Waals surface area contributed by atoms with Crippen LogP contribution in [0.4, 0.5) is 13.2 Å². The lowest BCUT2D eigenvalue weighted by Crippen LogP contribution is -2.47. The summed E-state index contributed by atoms with van der Waals surface area (Å²) in [5.74, 6) is 0.626. The summed E-state index contributed by atoms with van der Waals surface area (Å²) in [4.78, 5) is 18.0. The number of hydrogen-bond acceptors (Lipinski definition) is 4. The number of likely N-dealkylation sites (N-methyl/N-ethyl adjacent to an activating group) is 1. The fraction of sp³-hybridized carbons (Fsp3) is 0.778. The first kappa shape index (κ1) is 20.1. The van der Waals surface area contributed by atoms with Crippen molar-refractivity contribution < 1.29 is 22.7 Å². The van der Waals surface area contributed by atoms with Gasteiger partial charge in [0.25, 0.3) is 0 Å². The van der Waals surface area contributed by atoms with Crippen LogP contribution in [0.3, 0.4) is 0 Å². The van der Waals surface area contributed by atoms with Gasteiger partial charge in [0.2, 0.25) is 5.91 Å². The highest BCUT2D eigenvalue weighted by molar-refractivity contribution is 5.81. The molecule has 1 N–H and O–H groups in total. The van der Waals surface area contributed by atoms with Gasteiger partial charge in [-0.3, -0.25) is 9.69 Å². The zero-order valence-corrected chi connectivity index (χ0v) is 15.8. The number of nitrogens with zero attached hydrogens (tertiary/aromatic N) is 3. The number of hydrogen-bond donors (Lipinski definition) is 1. The minimum atomic E-state index is -4.41. The molecule has 1 aromatic heterocycles. The molecule has 1 aromatic rings. The Labute approximate surface area is 157 Å². The Morgan fingerprint density at radius 3 is 2.93 bits per heavy atom. The van der Waals surface area contributed by atoms with Crippen LogP contribution in [0.2, 0.25) is 0 Å². The van der Waals surface area contributed by atoms with Gasteiger partial charge < -0.3 is 14.6 Å². The SMILES string of the molecule is C[C@H](C(=O)NC[C@H]1CCCO1)N(C)C[C@@H]1CCc2nc(C(F)(F)F)cn2C1. The number of imidazole rings is 1. The summed E-state index contributed by atoms with van der Waals surface area (Å²) < 4.78 is 45.6. The number of alkyl halides is 3. The molecule has 0 spiro atoms. The number of carbonyl (C=O) groups is 1. The average molecular weight is 388 g/mol. The van der Waals surface area contributed by atoms with Crippen LogP contribution in [0.1, 0.15) is 37.7 Å². The molecular weight excluding hydrogens is 361 g/mol. The molecule has 2 aliphatic rings. The van der Waals surface area contributed by atoms with E-state index in [0.717, 1.165) is 32.1 Å². The summed E-state index contributed by atoms with van der Waals surface area (Å²) in [6.07, 6.45) is 0.0824. The van der Waals surface area contributed by atoms with E-state index in [2.05, 4.69) is 10.3 Å². The highest BCUT2D eigenvalue weighted by Gasteiger charge is 2.36. The van der Waals surface area contributed by atoms with Gasteiger partial charge in [0.05, 0.1) is 12.1 Å². The third-order valence-corrected chi connectivity index (χ3v) is 5.50. The number of carbonyl (C=O) groups excluding carboxylic acids is 1. The highest BCUT2D eigenvalue weighted by atomic mass is 19.4. The number of fused-ring (bicyclic) bond motifs is 1. The maximum absolute atomic E-state index is 12.8. The van der Waals surface area contributed by atoms with Crippen molar-refractivity contribution in [3.63, 3.8) is 0 Å². The number of halogens is 3. The molecule has 1 saturated heterocycles. The third-order valence-electron chi connectivity index (χ3n) is 5.50. The molecule has 3 heterocycles. The van der Waals surface area contributed by atoms with Crippen molar-refractivity contribution in [1.29, 1.82) is 0 Å². The number of ether oxygens (including phenoxy) is 1. The third kappa shape index (κ3) is 5.01. The number of nitrogens with one attached hydrogen (secondary N) is 1. The first-order chi connectivity index (χ1) is 12.7. The topological polar surface area (TPSA) is 59.4 Å². The van der Waals surface area contributed by atoms with Crippen molar-refractivity contribution >= 4 is 5.91 Å². The van der Waals surface area contributed by atoms with Crippen LogP contribution in [0.5, 0.6) is 0 Å². The van der Waals surface area contributed by atoms with E-state index in [0.29, 0.717) is 31.9 Å². The van der Waals surface area contributed by atoms with Crippen molar-refractivity contribution in [2.24, 2.45) is 5.92 Å². The first-order valence-electron chi connectivity index (χ1n) is 9.47. The molecule has 1 fully saturated rings. The van der Waals surface area contributed by atoms with Gasteiger partial charge in [-0.25, -0.2) is 4.98 Å². The Balaban J connectivity index is 1.49. The fourth-order valence-corrected chi connectivity index (χ4v) is 3.73. The van der Waals surface area contributed by atoms with E-state index in [1.165, 1.54) is 0 Å². The van der Waals surface area contributed by atoms with Crippen LogP contribution >= 0.6 is 0 Å². The Hall–Kier alpha value is -1.61. The lowest BCUT2D eigenvalue weighted by atomic mass is 9.98. The minimum absolute atomic E-state index is 0.0495. The standard InChI is InChI=1S/C18H27F3N4O2/c1-12(17(26)22-8-14-4-3-7-27-14)24(2)9-13-5-6-16-23-15(18(19,20)21)11-25(16)10-13/h11-14H,3-10H2,1-2H3,(H,22,26)/t12-,13+,14-/m1/s1. The Bertz CT molecular complexity index is 656. The van der Waals surface area contributed by atoms with Crippen molar-refractivity contribution in [2.75, 3.05) is 26.7 Å². The maximum atomic E-state index is 12.8. The number of aryl methyl sites for hydroxylation is 1. The van der Waals surface area contributed by atoms with Gasteiger partial charge in [-0.2, -0.15) is 13.2 Å². The van der Waals surface area contributed by atoms with Gasteiger partial charge in [0.1, 0.15) is 5.82 Å². The van der Waals surface area contributed by atoms with Crippen LogP contribution < -0.4 is 5.32 Å². The molecule has 1 amide bonds. The second kappa shape index (κ2) is 8.18. The molecule has 152 valence electrons. The summed E-state index contributed by atoms with van der Waals surface area (Å²) in [5, 5.41) is 2.93. The fourth-order valence-electron chi connectivity index (χ4n) is 3.73. The van der Waals surface area contributed by atoms with Crippen molar-refractivity contribution in [3.8, 4) is 0 Å².